The van der Waals surface area contributed by atoms with Crippen LogP contribution in [-0.4, -0.2) is 51.4 Å². The highest BCUT2D eigenvalue weighted by molar-refractivity contribution is 5.76. The predicted molar refractivity (Wildman–Crippen MR) is 86.3 cm³/mol. The Kier molecular flexibility index (Phi) is 5.13. The van der Waals surface area contributed by atoms with Gasteiger partial charge in [-0.15, -0.1) is 0 Å². The highest BCUT2D eigenvalue weighted by atomic mass is 16.2. The van der Waals surface area contributed by atoms with E-state index in [0.717, 1.165) is 51.4 Å². The molecular weight excluding hydrogens is 276 g/mol. The molecule has 0 radical (unpaired) electrons. The zero-order valence-electron chi connectivity index (χ0n) is 13.7. The molecule has 3 rings (SSSR count). The van der Waals surface area contributed by atoms with Crippen molar-refractivity contribution in [2.75, 3.05) is 26.2 Å². The number of hydrogen-bond donors (Lipinski definition) is 0. The molecule has 0 bridgehead atoms. The standard InChI is InChI=1S/C17H28N4O/c1-19-10-7-18-16(19)14-20-8-4-9-21(12-11-20)17(22)13-15-5-2-3-6-15/h7,10,15H,2-6,8-9,11-14H2,1H3. The van der Waals surface area contributed by atoms with Gasteiger partial charge in [0, 0.05) is 52.0 Å². The van der Waals surface area contributed by atoms with Gasteiger partial charge in [0.15, 0.2) is 0 Å². The lowest BCUT2D eigenvalue weighted by molar-refractivity contribution is -0.132. The summed E-state index contributed by atoms with van der Waals surface area (Å²) in [5, 5.41) is 0. The van der Waals surface area contributed by atoms with Gasteiger partial charge in [-0.2, -0.15) is 0 Å². The van der Waals surface area contributed by atoms with Crippen LogP contribution >= 0.6 is 0 Å². The van der Waals surface area contributed by atoms with Crippen LogP contribution in [0.4, 0.5) is 0 Å². The quantitative estimate of drug-likeness (QED) is 0.855. The molecule has 0 unspecified atom stereocenters. The van der Waals surface area contributed by atoms with Crippen LogP contribution in [0.3, 0.4) is 0 Å². The van der Waals surface area contributed by atoms with Crippen LogP contribution in [0.25, 0.3) is 0 Å². The molecule has 1 aliphatic heterocycles. The van der Waals surface area contributed by atoms with Crippen molar-refractivity contribution in [3.63, 3.8) is 0 Å². The first-order chi connectivity index (χ1) is 10.7. The summed E-state index contributed by atoms with van der Waals surface area (Å²) in [6.45, 7) is 4.69. The Morgan fingerprint density at radius 1 is 1.18 bits per heavy atom. The number of carbonyl (C=O) groups excluding carboxylic acids is 1. The smallest absolute Gasteiger partial charge is 0.222 e. The molecule has 0 aromatic carbocycles. The molecule has 0 N–H and O–H groups in total. The van der Waals surface area contributed by atoms with Crippen molar-refractivity contribution >= 4 is 5.91 Å². The number of hydrogen-bond acceptors (Lipinski definition) is 3. The Morgan fingerprint density at radius 2 is 2.00 bits per heavy atom. The van der Waals surface area contributed by atoms with Gasteiger partial charge in [0.2, 0.25) is 5.91 Å². The number of rotatable bonds is 4. The zero-order chi connectivity index (χ0) is 15.4. The van der Waals surface area contributed by atoms with Gasteiger partial charge in [0.25, 0.3) is 0 Å². The van der Waals surface area contributed by atoms with Gasteiger partial charge in [0.1, 0.15) is 5.82 Å². The van der Waals surface area contributed by atoms with Gasteiger partial charge in [-0.3, -0.25) is 9.69 Å². The molecule has 0 spiro atoms. The number of aryl methyl sites for hydroxylation is 1. The molecule has 1 saturated carbocycles. The van der Waals surface area contributed by atoms with E-state index in [4.69, 9.17) is 0 Å². The molecule has 5 nitrogen and oxygen atoms in total. The summed E-state index contributed by atoms with van der Waals surface area (Å²) in [4.78, 5) is 21.4. The number of carbonyl (C=O) groups is 1. The maximum absolute atomic E-state index is 12.5. The topological polar surface area (TPSA) is 41.4 Å². The first-order valence-electron chi connectivity index (χ1n) is 8.68. The van der Waals surface area contributed by atoms with Gasteiger partial charge in [-0.1, -0.05) is 12.8 Å². The first-order valence-corrected chi connectivity index (χ1v) is 8.68. The van der Waals surface area contributed by atoms with E-state index in [9.17, 15) is 4.79 Å². The summed E-state index contributed by atoms with van der Waals surface area (Å²) in [5.74, 6) is 2.14. The number of imidazole rings is 1. The summed E-state index contributed by atoms with van der Waals surface area (Å²) in [6.07, 6.45) is 10.8. The van der Waals surface area contributed by atoms with Crippen LogP contribution in [0.1, 0.15) is 44.3 Å². The fraction of sp³-hybridized carbons (Fsp3) is 0.765. The van der Waals surface area contributed by atoms with E-state index in [1.54, 1.807) is 0 Å². The first kappa shape index (κ1) is 15.5. The lowest BCUT2D eigenvalue weighted by atomic mass is 10.0. The minimum absolute atomic E-state index is 0.380. The van der Waals surface area contributed by atoms with Crippen molar-refractivity contribution in [1.29, 1.82) is 0 Å². The molecule has 122 valence electrons. The van der Waals surface area contributed by atoms with E-state index >= 15 is 0 Å². The van der Waals surface area contributed by atoms with Gasteiger partial charge < -0.3 is 9.47 Å². The maximum atomic E-state index is 12.5. The van der Waals surface area contributed by atoms with Crippen molar-refractivity contribution in [1.82, 2.24) is 19.4 Å². The molecule has 22 heavy (non-hydrogen) atoms. The second-order valence-corrected chi connectivity index (χ2v) is 6.82. The third-order valence-electron chi connectivity index (χ3n) is 5.17. The number of nitrogens with zero attached hydrogens (tertiary/aromatic N) is 4. The Hall–Kier alpha value is -1.36. The molecule has 1 aliphatic carbocycles. The predicted octanol–water partition coefficient (Wildman–Crippen LogP) is 2.03. The monoisotopic (exact) mass is 304 g/mol. The molecule has 2 fully saturated rings. The normalized spacial score (nSPS) is 21.2. The van der Waals surface area contributed by atoms with Crippen LogP contribution in [0.2, 0.25) is 0 Å². The highest BCUT2D eigenvalue weighted by Crippen LogP contribution is 2.28. The van der Waals surface area contributed by atoms with Crippen molar-refractivity contribution < 1.29 is 4.79 Å². The van der Waals surface area contributed by atoms with E-state index in [1.165, 1.54) is 25.7 Å². The largest absolute Gasteiger partial charge is 0.341 e. The van der Waals surface area contributed by atoms with E-state index in [1.807, 2.05) is 19.4 Å². The van der Waals surface area contributed by atoms with Crippen molar-refractivity contribution in [3.8, 4) is 0 Å². The molecule has 2 aliphatic rings. The summed E-state index contributed by atoms with van der Waals surface area (Å²) in [6, 6.07) is 0. The lowest BCUT2D eigenvalue weighted by Crippen LogP contribution is -2.36. The summed E-state index contributed by atoms with van der Waals surface area (Å²) in [7, 11) is 2.04. The van der Waals surface area contributed by atoms with Crippen molar-refractivity contribution in [3.05, 3.63) is 18.2 Å². The molecular formula is C17H28N4O. The number of aromatic nitrogens is 2. The van der Waals surface area contributed by atoms with Crippen LogP contribution in [0.5, 0.6) is 0 Å². The van der Waals surface area contributed by atoms with Crippen molar-refractivity contribution in [2.45, 2.75) is 45.1 Å². The fourth-order valence-electron chi connectivity index (χ4n) is 3.72. The summed E-state index contributed by atoms with van der Waals surface area (Å²) in [5.41, 5.74) is 0. The second kappa shape index (κ2) is 7.27. The minimum Gasteiger partial charge on any atom is -0.341 e. The highest BCUT2D eigenvalue weighted by Gasteiger charge is 2.24. The summed E-state index contributed by atoms with van der Waals surface area (Å²) >= 11 is 0. The molecule has 0 atom stereocenters. The molecule has 1 aromatic heterocycles. The van der Waals surface area contributed by atoms with Gasteiger partial charge in [-0.05, 0) is 25.2 Å². The van der Waals surface area contributed by atoms with Gasteiger partial charge in [-0.25, -0.2) is 4.98 Å². The number of amides is 1. The SMILES string of the molecule is Cn1ccnc1CN1CCCN(C(=O)CC2CCCC2)CC1. The van der Waals surface area contributed by atoms with E-state index in [2.05, 4.69) is 19.4 Å². The third kappa shape index (κ3) is 3.88. The zero-order valence-corrected chi connectivity index (χ0v) is 13.7. The fourth-order valence-corrected chi connectivity index (χ4v) is 3.72. The Morgan fingerprint density at radius 3 is 2.73 bits per heavy atom. The minimum atomic E-state index is 0.380. The average Bonchev–Trinajstić information content (AvgIpc) is 3.08. The Labute approximate surface area is 133 Å². The van der Waals surface area contributed by atoms with Gasteiger partial charge in [0.05, 0.1) is 6.54 Å². The third-order valence-corrected chi connectivity index (χ3v) is 5.17. The van der Waals surface area contributed by atoms with E-state index in [0.29, 0.717) is 11.8 Å². The maximum Gasteiger partial charge on any atom is 0.222 e. The second-order valence-electron chi connectivity index (χ2n) is 6.82. The lowest BCUT2D eigenvalue weighted by Gasteiger charge is -2.23. The molecule has 1 saturated heterocycles. The van der Waals surface area contributed by atoms with Gasteiger partial charge >= 0.3 is 0 Å². The van der Waals surface area contributed by atoms with Crippen LogP contribution < -0.4 is 0 Å². The molecule has 5 heteroatoms. The molecule has 2 heterocycles. The summed E-state index contributed by atoms with van der Waals surface area (Å²) < 4.78 is 2.08. The molecule has 1 amide bonds. The van der Waals surface area contributed by atoms with Crippen LogP contribution in [-0.2, 0) is 18.4 Å². The Balaban J connectivity index is 1.48. The average molecular weight is 304 g/mol. The van der Waals surface area contributed by atoms with Crippen LogP contribution in [0.15, 0.2) is 12.4 Å². The molecule has 1 aromatic rings. The van der Waals surface area contributed by atoms with Crippen molar-refractivity contribution in [2.24, 2.45) is 13.0 Å². The van der Waals surface area contributed by atoms with E-state index < -0.39 is 0 Å². The van der Waals surface area contributed by atoms with E-state index in [-0.39, 0.29) is 0 Å². The van der Waals surface area contributed by atoms with Crippen LogP contribution in [0, 0.1) is 5.92 Å². The Bertz CT molecular complexity index is 493.